The van der Waals surface area contributed by atoms with Crippen LogP contribution in [0.3, 0.4) is 0 Å². The van der Waals surface area contributed by atoms with Gasteiger partial charge in [-0.15, -0.1) is 0 Å². The van der Waals surface area contributed by atoms with Crippen molar-refractivity contribution in [1.29, 1.82) is 0 Å². The molecular weight excluding hydrogens is 397 g/mol. The van der Waals surface area contributed by atoms with Crippen molar-refractivity contribution in [2.75, 3.05) is 23.3 Å². The first-order chi connectivity index (χ1) is 10.6. The molecule has 116 valence electrons. The average Bonchev–Trinajstić information content (AvgIpc) is 2.51. The zero-order valence-corrected chi connectivity index (χ0v) is 14.4. The predicted octanol–water partition coefficient (Wildman–Crippen LogP) is 3.58. The molecule has 0 amide bonds. The predicted molar refractivity (Wildman–Crippen MR) is 94.7 cm³/mol. The molecule has 0 aliphatic heterocycles. The van der Waals surface area contributed by atoms with Crippen LogP contribution in [0.1, 0.15) is 13.8 Å². The highest BCUT2D eigenvalue weighted by Crippen LogP contribution is 2.33. The van der Waals surface area contributed by atoms with E-state index in [0.717, 1.165) is 9.26 Å². The van der Waals surface area contributed by atoms with E-state index in [0.29, 0.717) is 18.9 Å². The van der Waals surface area contributed by atoms with Crippen LogP contribution in [0, 0.1) is 13.7 Å². The van der Waals surface area contributed by atoms with Gasteiger partial charge < -0.3 is 10.2 Å². The highest BCUT2D eigenvalue weighted by Gasteiger charge is 2.25. The van der Waals surface area contributed by atoms with E-state index in [4.69, 9.17) is 0 Å². The van der Waals surface area contributed by atoms with Crippen molar-refractivity contribution in [3.63, 3.8) is 0 Å². The molecule has 22 heavy (non-hydrogen) atoms. The number of hydrogen-bond donors (Lipinski definition) is 1. The van der Waals surface area contributed by atoms with Gasteiger partial charge in [-0.25, -0.2) is 9.97 Å². The molecule has 0 aliphatic carbocycles. The number of nitrogens with zero attached hydrogens (tertiary/aromatic N) is 4. The molecule has 0 saturated carbocycles. The summed E-state index contributed by atoms with van der Waals surface area (Å²) in [6.07, 6.45) is 1.34. The molecule has 8 heteroatoms. The van der Waals surface area contributed by atoms with Crippen molar-refractivity contribution in [3.8, 4) is 0 Å². The summed E-state index contributed by atoms with van der Waals surface area (Å²) in [6, 6.07) is 7.54. The highest BCUT2D eigenvalue weighted by atomic mass is 127. The molecule has 7 nitrogen and oxygen atoms in total. The summed E-state index contributed by atoms with van der Waals surface area (Å²) in [7, 11) is 0. The number of nitro groups is 1. The zero-order valence-electron chi connectivity index (χ0n) is 12.3. The van der Waals surface area contributed by atoms with Crippen LogP contribution in [0.4, 0.5) is 23.0 Å². The molecule has 0 atom stereocenters. The fourth-order valence-electron chi connectivity index (χ4n) is 2.05. The second-order valence-electron chi connectivity index (χ2n) is 4.46. The first-order valence-corrected chi connectivity index (χ1v) is 7.91. The molecule has 0 bridgehead atoms. The van der Waals surface area contributed by atoms with Crippen LogP contribution in [0.15, 0.2) is 30.6 Å². The van der Waals surface area contributed by atoms with Gasteiger partial charge in [0, 0.05) is 22.3 Å². The summed E-state index contributed by atoms with van der Waals surface area (Å²) >= 11 is 2.20. The SMILES string of the molecule is CCN(CC)c1ncnc(Nc2ccc(I)cc2)c1[N+](=O)[O-]. The minimum Gasteiger partial charge on any atom is -0.351 e. The van der Waals surface area contributed by atoms with E-state index in [9.17, 15) is 10.1 Å². The van der Waals surface area contributed by atoms with Gasteiger partial charge in [-0.1, -0.05) is 0 Å². The summed E-state index contributed by atoms with van der Waals surface area (Å²) in [5.74, 6) is 0.529. The molecule has 2 rings (SSSR count). The van der Waals surface area contributed by atoms with Gasteiger partial charge in [0.15, 0.2) is 0 Å². The summed E-state index contributed by atoms with van der Waals surface area (Å²) in [6.45, 7) is 5.14. The Labute approximate surface area is 142 Å². The van der Waals surface area contributed by atoms with Crippen molar-refractivity contribution < 1.29 is 4.92 Å². The number of anilines is 3. The molecular formula is C14H16IN5O2. The van der Waals surface area contributed by atoms with Crippen LogP contribution in [0.2, 0.25) is 0 Å². The van der Waals surface area contributed by atoms with E-state index in [1.165, 1.54) is 6.33 Å². The van der Waals surface area contributed by atoms with E-state index < -0.39 is 4.92 Å². The quantitative estimate of drug-likeness (QED) is 0.443. The Bertz CT molecular complexity index is 659. The lowest BCUT2D eigenvalue weighted by molar-refractivity contribution is -0.383. The van der Waals surface area contributed by atoms with E-state index >= 15 is 0 Å². The third-order valence-corrected chi connectivity index (χ3v) is 3.87. The third-order valence-electron chi connectivity index (χ3n) is 3.16. The molecule has 0 radical (unpaired) electrons. The standard InChI is InChI=1S/C14H16IN5O2/c1-3-19(4-2)14-12(20(21)22)13(16-9-17-14)18-11-7-5-10(15)6-8-11/h5-9H,3-4H2,1-2H3,(H,16,17,18). The number of aromatic nitrogens is 2. The van der Waals surface area contributed by atoms with Gasteiger partial charge in [0.2, 0.25) is 11.6 Å². The average molecular weight is 413 g/mol. The largest absolute Gasteiger partial charge is 0.353 e. The van der Waals surface area contributed by atoms with Gasteiger partial charge in [0.1, 0.15) is 6.33 Å². The molecule has 1 heterocycles. The molecule has 1 aromatic heterocycles. The Hall–Kier alpha value is -1.97. The van der Waals surface area contributed by atoms with Gasteiger partial charge in [0.05, 0.1) is 4.92 Å². The molecule has 0 saturated heterocycles. The van der Waals surface area contributed by atoms with Crippen molar-refractivity contribution in [2.45, 2.75) is 13.8 Å². The van der Waals surface area contributed by atoms with Crippen molar-refractivity contribution in [2.24, 2.45) is 0 Å². The van der Waals surface area contributed by atoms with Gasteiger partial charge in [0.25, 0.3) is 0 Å². The maximum absolute atomic E-state index is 11.5. The number of rotatable bonds is 6. The lowest BCUT2D eigenvalue weighted by atomic mass is 10.3. The van der Waals surface area contributed by atoms with E-state index in [-0.39, 0.29) is 11.5 Å². The third kappa shape index (κ3) is 3.62. The molecule has 0 fully saturated rings. The molecule has 1 aromatic carbocycles. The fourth-order valence-corrected chi connectivity index (χ4v) is 2.41. The Balaban J connectivity index is 2.44. The lowest BCUT2D eigenvalue weighted by Gasteiger charge is -2.20. The molecule has 0 aliphatic rings. The maximum atomic E-state index is 11.5. The van der Waals surface area contributed by atoms with Crippen molar-refractivity contribution in [3.05, 3.63) is 44.3 Å². The van der Waals surface area contributed by atoms with Crippen molar-refractivity contribution >= 4 is 45.6 Å². The van der Waals surface area contributed by atoms with Crippen LogP contribution >= 0.6 is 22.6 Å². The Morgan fingerprint density at radius 2 is 1.86 bits per heavy atom. The van der Waals surface area contributed by atoms with Crippen LogP contribution in [0.5, 0.6) is 0 Å². The minimum absolute atomic E-state index is 0.107. The van der Waals surface area contributed by atoms with Crippen molar-refractivity contribution in [1.82, 2.24) is 9.97 Å². The summed E-state index contributed by atoms with van der Waals surface area (Å²) in [5.41, 5.74) is 0.637. The van der Waals surface area contributed by atoms with Gasteiger partial charge >= 0.3 is 5.69 Å². The monoisotopic (exact) mass is 413 g/mol. The van der Waals surface area contributed by atoms with Gasteiger partial charge in [-0.3, -0.25) is 10.1 Å². The number of benzene rings is 1. The number of nitrogens with one attached hydrogen (secondary N) is 1. The summed E-state index contributed by atoms with van der Waals surface area (Å²) in [5, 5.41) is 14.5. The second kappa shape index (κ2) is 7.34. The molecule has 2 aromatic rings. The molecule has 0 unspecified atom stereocenters. The number of hydrogen-bond acceptors (Lipinski definition) is 6. The van der Waals surface area contributed by atoms with E-state index in [2.05, 4.69) is 37.9 Å². The minimum atomic E-state index is -0.442. The van der Waals surface area contributed by atoms with E-state index in [1.807, 2.05) is 43.0 Å². The topological polar surface area (TPSA) is 84.2 Å². The van der Waals surface area contributed by atoms with Crippen LogP contribution in [-0.2, 0) is 0 Å². The Morgan fingerprint density at radius 1 is 1.23 bits per heavy atom. The van der Waals surface area contributed by atoms with E-state index in [1.54, 1.807) is 0 Å². The molecule has 1 N–H and O–H groups in total. The smallest absolute Gasteiger partial charge is 0.351 e. The summed E-state index contributed by atoms with van der Waals surface area (Å²) in [4.78, 5) is 21.0. The summed E-state index contributed by atoms with van der Waals surface area (Å²) < 4.78 is 1.09. The van der Waals surface area contributed by atoms with Gasteiger partial charge in [-0.05, 0) is 60.7 Å². The zero-order chi connectivity index (χ0) is 16.1. The van der Waals surface area contributed by atoms with Gasteiger partial charge in [-0.2, -0.15) is 0 Å². The lowest BCUT2D eigenvalue weighted by Crippen LogP contribution is -2.24. The van der Waals surface area contributed by atoms with Crippen LogP contribution in [0.25, 0.3) is 0 Å². The molecule has 0 spiro atoms. The first-order valence-electron chi connectivity index (χ1n) is 6.83. The van der Waals surface area contributed by atoms with Crippen LogP contribution in [-0.4, -0.2) is 28.0 Å². The Kier molecular flexibility index (Phi) is 5.47. The highest BCUT2D eigenvalue weighted by molar-refractivity contribution is 14.1. The Morgan fingerprint density at radius 3 is 2.41 bits per heavy atom. The fraction of sp³-hybridized carbons (Fsp3) is 0.286. The first kappa shape index (κ1) is 16.4. The maximum Gasteiger partial charge on any atom is 0.353 e. The normalized spacial score (nSPS) is 10.3. The van der Waals surface area contributed by atoms with Crippen LogP contribution < -0.4 is 10.2 Å². The number of halogens is 1. The second-order valence-corrected chi connectivity index (χ2v) is 5.70.